The quantitative estimate of drug-likeness (QED) is 0.323. The molecule has 0 aliphatic heterocycles. The third kappa shape index (κ3) is 4.38. The van der Waals surface area contributed by atoms with Crippen LogP contribution in [-0.2, 0) is 18.3 Å². The van der Waals surface area contributed by atoms with Gasteiger partial charge >= 0.3 is 0 Å². The molecule has 0 saturated carbocycles. The highest BCUT2D eigenvalue weighted by atomic mass is 15.3. The van der Waals surface area contributed by atoms with Gasteiger partial charge in [-0.15, -0.1) is 10.2 Å². The average molecular weight is 424 g/mol. The fraction of sp³-hybridized carbons (Fsp3) is 0.310. The zero-order chi connectivity index (χ0) is 22.7. The highest BCUT2D eigenvalue weighted by Crippen LogP contribution is 2.33. The molecular weight excluding hydrogens is 390 g/mol. The first kappa shape index (κ1) is 22.0. The molecule has 0 amide bonds. The van der Waals surface area contributed by atoms with E-state index in [0.29, 0.717) is 0 Å². The molecule has 0 aliphatic carbocycles. The first-order valence-corrected chi connectivity index (χ1v) is 11.7. The van der Waals surface area contributed by atoms with Crippen LogP contribution in [-0.4, -0.2) is 14.8 Å². The van der Waals surface area contributed by atoms with Gasteiger partial charge in [-0.25, -0.2) is 0 Å². The molecule has 0 bridgehead atoms. The first-order valence-electron chi connectivity index (χ1n) is 11.7. The Morgan fingerprint density at radius 2 is 1.50 bits per heavy atom. The van der Waals surface area contributed by atoms with Crippen molar-refractivity contribution in [3.8, 4) is 28.2 Å². The molecular formula is C29H33N3. The Kier molecular flexibility index (Phi) is 6.27. The minimum atomic E-state index is -0.130. The SMILES string of the molecule is CCCc1cc(-c2ccccc2)ccc1-n1c(-c2cccc(CC)c2)nnc1C(C)(C)C. The van der Waals surface area contributed by atoms with Crippen LogP contribution in [0.25, 0.3) is 28.2 Å². The molecule has 3 nitrogen and oxygen atoms in total. The molecule has 164 valence electrons. The number of nitrogens with zero attached hydrogens (tertiary/aromatic N) is 3. The van der Waals surface area contributed by atoms with Crippen molar-refractivity contribution >= 4 is 0 Å². The zero-order valence-electron chi connectivity index (χ0n) is 19.9. The largest absolute Gasteiger partial charge is 0.278 e. The number of aromatic nitrogens is 3. The second-order valence-corrected chi connectivity index (χ2v) is 9.45. The van der Waals surface area contributed by atoms with E-state index in [9.17, 15) is 0 Å². The third-order valence-corrected chi connectivity index (χ3v) is 5.87. The number of rotatable bonds is 6. The maximum absolute atomic E-state index is 4.70. The molecule has 32 heavy (non-hydrogen) atoms. The van der Waals surface area contributed by atoms with Gasteiger partial charge in [-0.2, -0.15) is 0 Å². The van der Waals surface area contributed by atoms with Gasteiger partial charge in [-0.05, 0) is 53.3 Å². The minimum Gasteiger partial charge on any atom is -0.278 e. The highest BCUT2D eigenvalue weighted by molar-refractivity contribution is 5.68. The van der Waals surface area contributed by atoms with Gasteiger partial charge in [-0.1, -0.05) is 95.6 Å². The fourth-order valence-corrected chi connectivity index (χ4v) is 4.20. The number of benzene rings is 3. The third-order valence-electron chi connectivity index (χ3n) is 5.87. The fourth-order valence-electron chi connectivity index (χ4n) is 4.20. The first-order chi connectivity index (χ1) is 15.4. The van der Waals surface area contributed by atoms with Gasteiger partial charge in [0.05, 0.1) is 5.69 Å². The van der Waals surface area contributed by atoms with Crippen molar-refractivity contribution in [3.63, 3.8) is 0 Å². The van der Waals surface area contributed by atoms with Gasteiger partial charge in [0, 0.05) is 11.0 Å². The van der Waals surface area contributed by atoms with E-state index in [1.54, 1.807) is 0 Å². The van der Waals surface area contributed by atoms with Crippen molar-refractivity contribution < 1.29 is 0 Å². The van der Waals surface area contributed by atoms with E-state index >= 15 is 0 Å². The molecule has 1 heterocycles. The second kappa shape index (κ2) is 9.12. The van der Waals surface area contributed by atoms with Crippen LogP contribution in [0.5, 0.6) is 0 Å². The summed E-state index contributed by atoms with van der Waals surface area (Å²) in [5.74, 6) is 1.90. The molecule has 0 N–H and O–H groups in total. The Hall–Kier alpha value is -3.20. The van der Waals surface area contributed by atoms with Crippen molar-refractivity contribution in [1.82, 2.24) is 14.8 Å². The van der Waals surface area contributed by atoms with E-state index in [0.717, 1.165) is 36.5 Å². The molecule has 4 aromatic rings. The molecule has 0 atom stereocenters. The van der Waals surface area contributed by atoms with E-state index in [-0.39, 0.29) is 5.41 Å². The topological polar surface area (TPSA) is 30.7 Å². The monoisotopic (exact) mass is 423 g/mol. The molecule has 0 spiro atoms. The van der Waals surface area contributed by atoms with Crippen molar-refractivity contribution in [2.45, 2.75) is 59.3 Å². The summed E-state index contributed by atoms with van der Waals surface area (Å²) in [5.41, 5.74) is 7.29. The number of hydrogen-bond donors (Lipinski definition) is 0. The summed E-state index contributed by atoms with van der Waals surface area (Å²) in [6.45, 7) is 11.0. The van der Waals surface area contributed by atoms with Crippen LogP contribution in [0.3, 0.4) is 0 Å². The minimum absolute atomic E-state index is 0.130. The molecule has 1 aromatic heterocycles. The lowest BCUT2D eigenvalue weighted by Gasteiger charge is -2.22. The lowest BCUT2D eigenvalue weighted by Crippen LogP contribution is -2.19. The van der Waals surface area contributed by atoms with Crippen LogP contribution in [0.15, 0.2) is 72.8 Å². The maximum Gasteiger partial charge on any atom is 0.168 e. The van der Waals surface area contributed by atoms with Crippen molar-refractivity contribution in [1.29, 1.82) is 0 Å². The second-order valence-electron chi connectivity index (χ2n) is 9.45. The van der Waals surface area contributed by atoms with Gasteiger partial charge in [0.25, 0.3) is 0 Å². The van der Waals surface area contributed by atoms with Crippen LogP contribution in [0.2, 0.25) is 0 Å². The normalized spacial score (nSPS) is 11.7. The van der Waals surface area contributed by atoms with Gasteiger partial charge in [-0.3, -0.25) is 4.57 Å². The van der Waals surface area contributed by atoms with Gasteiger partial charge in [0.2, 0.25) is 0 Å². The molecule has 0 saturated heterocycles. The summed E-state index contributed by atoms with van der Waals surface area (Å²) in [4.78, 5) is 0. The molecule has 0 radical (unpaired) electrons. The smallest absolute Gasteiger partial charge is 0.168 e. The van der Waals surface area contributed by atoms with E-state index in [2.05, 4.69) is 112 Å². The summed E-state index contributed by atoms with van der Waals surface area (Å²) in [6, 6.07) is 26.1. The van der Waals surface area contributed by atoms with E-state index in [4.69, 9.17) is 10.2 Å². The van der Waals surface area contributed by atoms with Crippen molar-refractivity contribution in [2.75, 3.05) is 0 Å². The standard InChI is InChI=1S/C29H33N3/c1-6-12-24-20-23(22-14-9-8-10-15-22)17-18-26(24)32-27(30-31-28(32)29(3,4)5)25-16-11-13-21(7-2)19-25/h8-11,13-20H,6-7,12H2,1-5H3. The Morgan fingerprint density at radius 1 is 0.750 bits per heavy atom. The Balaban J connectivity index is 1.94. The molecule has 0 unspecified atom stereocenters. The molecule has 0 fully saturated rings. The summed E-state index contributed by atoms with van der Waals surface area (Å²) < 4.78 is 2.29. The van der Waals surface area contributed by atoms with Crippen LogP contribution >= 0.6 is 0 Å². The van der Waals surface area contributed by atoms with Gasteiger partial charge < -0.3 is 0 Å². The highest BCUT2D eigenvalue weighted by Gasteiger charge is 2.26. The summed E-state index contributed by atoms with van der Waals surface area (Å²) in [6.07, 6.45) is 3.09. The van der Waals surface area contributed by atoms with Gasteiger partial charge in [0.1, 0.15) is 5.82 Å². The lowest BCUT2D eigenvalue weighted by atomic mass is 9.94. The Morgan fingerprint density at radius 3 is 2.19 bits per heavy atom. The van der Waals surface area contributed by atoms with Crippen LogP contribution in [0.1, 0.15) is 58.0 Å². The van der Waals surface area contributed by atoms with E-state index in [1.807, 2.05) is 0 Å². The summed E-state index contributed by atoms with van der Waals surface area (Å²) >= 11 is 0. The predicted molar refractivity (Wildman–Crippen MR) is 134 cm³/mol. The van der Waals surface area contributed by atoms with Crippen LogP contribution < -0.4 is 0 Å². The molecule has 4 rings (SSSR count). The Bertz CT molecular complexity index is 1200. The number of hydrogen-bond acceptors (Lipinski definition) is 2. The van der Waals surface area contributed by atoms with Crippen molar-refractivity contribution in [2.24, 2.45) is 0 Å². The van der Waals surface area contributed by atoms with E-state index < -0.39 is 0 Å². The molecule has 0 aliphatic rings. The summed E-state index contributed by atoms with van der Waals surface area (Å²) in [5, 5.41) is 9.39. The lowest BCUT2D eigenvalue weighted by molar-refractivity contribution is 0.533. The maximum atomic E-state index is 4.70. The molecule has 3 aromatic carbocycles. The summed E-state index contributed by atoms with van der Waals surface area (Å²) in [7, 11) is 0. The average Bonchev–Trinajstić information content (AvgIpc) is 3.25. The molecule has 3 heteroatoms. The van der Waals surface area contributed by atoms with Gasteiger partial charge in [0.15, 0.2) is 5.82 Å². The predicted octanol–water partition coefficient (Wildman–Crippen LogP) is 7.41. The van der Waals surface area contributed by atoms with Crippen LogP contribution in [0.4, 0.5) is 0 Å². The Labute approximate surface area is 192 Å². The van der Waals surface area contributed by atoms with E-state index in [1.165, 1.54) is 27.9 Å². The van der Waals surface area contributed by atoms with Crippen molar-refractivity contribution in [3.05, 3.63) is 89.7 Å². The zero-order valence-corrected chi connectivity index (χ0v) is 19.9. The van der Waals surface area contributed by atoms with Crippen LogP contribution in [0, 0.1) is 0 Å². The number of aryl methyl sites for hydroxylation is 2.